The molecule has 0 aromatic heterocycles. The summed E-state index contributed by atoms with van der Waals surface area (Å²) in [5, 5.41) is 2.92. The Bertz CT molecular complexity index is 653. The van der Waals surface area contributed by atoms with Gasteiger partial charge in [-0.25, -0.2) is 9.69 Å². The summed E-state index contributed by atoms with van der Waals surface area (Å²) in [5.74, 6) is 0.267. The highest BCUT2D eigenvalue weighted by molar-refractivity contribution is 6.07. The van der Waals surface area contributed by atoms with Crippen LogP contribution < -0.4 is 5.32 Å². The molecule has 3 fully saturated rings. The number of amides is 3. The van der Waals surface area contributed by atoms with Crippen molar-refractivity contribution < 1.29 is 9.59 Å². The van der Waals surface area contributed by atoms with E-state index in [0.717, 1.165) is 45.6 Å². The average molecular weight is 342 g/mol. The highest BCUT2D eigenvalue weighted by Gasteiger charge is 2.56. The quantitative estimate of drug-likeness (QED) is 0.824. The first-order chi connectivity index (χ1) is 12.1. The van der Waals surface area contributed by atoms with Crippen LogP contribution in [0, 0.1) is 5.92 Å². The number of carbonyl (C=O) groups excluding carboxylic acids is 2. The summed E-state index contributed by atoms with van der Waals surface area (Å²) in [5.41, 5.74) is 0.650. The van der Waals surface area contributed by atoms with Crippen LogP contribution in [0.15, 0.2) is 30.3 Å². The Morgan fingerprint density at radius 2 is 1.68 bits per heavy atom. The van der Waals surface area contributed by atoms with Crippen LogP contribution in [0.3, 0.4) is 0 Å². The number of benzene rings is 1. The monoisotopic (exact) mass is 342 g/mol. The number of hydrogen-bond donors (Lipinski definition) is 1. The maximum absolute atomic E-state index is 12.7. The summed E-state index contributed by atoms with van der Waals surface area (Å²) in [4.78, 5) is 31.0. The Kier molecular flexibility index (Phi) is 4.25. The van der Waals surface area contributed by atoms with Crippen LogP contribution in [0.2, 0.25) is 0 Å². The molecule has 0 spiro atoms. The van der Waals surface area contributed by atoms with Gasteiger partial charge in [0.1, 0.15) is 5.54 Å². The van der Waals surface area contributed by atoms with Gasteiger partial charge in [-0.2, -0.15) is 0 Å². The van der Waals surface area contributed by atoms with Crippen LogP contribution >= 0.6 is 0 Å². The van der Waals surface area contributed by atoms with Gasteiger partial charge in [0.25, 0.3) is 5.91 Å². The molecule has 2 aliphatic heterocycles. The lowest BCUT2D eigenvalue weighted by Gasteiger charge is -2.36. The molecule has 3 aliphatic rings. The molecule has 4 rings (SSSR count). The summed E-state index contributed by atoms with van der Waals surface area (Å²) in [6.45, 7) is 6.91. The normalized spacial score (nSPS) is 28.4. The number of urea groups is 1. The van der Waals surface area contributed by atoms with Crippen LogP contribution in [-0.4, -0.2) is 65.0 Å². The van der Waals surface area contributed by atoms with Crippen molar-refractivity contribution >= 4 is 11.9 Å². The maximum Gasteiger partial charge on any atom is 0.326 e. The van der Waals surface area contributed by atoms with Crippen molar-refractivity contribution in [3.05, 3.63) is 35.9 Å². The molecule has 1 atom stereocenters. The van der Waals surface area contributed by atoms with E-state index in [1.165, 1.54) is 10.5 Å². The third-order valence-corrected chi connectivity index (χ3v) is 5.75. The first-order valence-corrected chi connectivity index (χ1v) is 9.19. The largest absolute Gasteiger partial charge is 0.326 e. The van der Waals surface area contributed by atoms with Crippen LogP contribution in [0.1, 0.15) is 25.3 Å². The minimum absolute atomic E-state index is 0.0493. The fourth-order valence-electron chi connectivity index (χ4n) is 3.91. The van der Waals surface area contributed by atoms with Crippen molar-refractivity contribution in [1.29, 1.82) is 0 Å². The SMILES string of the molecule is C[C@@]1(C2CC2)NC(=O)N(CN2CCN(Cc3ccccc3)CC2)C1=O. The van der Waals surface area contributed by atoms with Gasteiger partial charge in [-0.1, -0.05) is 30.3 Å². The molecular formula is C19H26N4O2. The van der Waals surface area contributed by atoms with Crippen LogP contribution in [-0.2, 0) is 11.3 Å². The molecule has 1 saturated carbocycles. The molecule has 1 aromatic carbocycles. The average Bonchev–Trinajstić information content (AvgIpc) is 3.44. The van der Waals surface area contributed by atoms with Gasteiger partial charge >= 0.3 is 6.03 Å². The lowest BCUT2D eigenvalue weighted by atomic mass is 9.96. The molecule has 6 nitrogen and oxygen atoms in total. The van der Waals surface area contributed by atoms with Crippen molar-refractivity contribution in [3.63, 3.8) is 0 Å². The molecule has 0 radical (unpaired) electrons. The number of hydrogen-bond acceptors (Lipinski definition) is 4. The van der Waals surface area contributed by atoms with Gasteiger partial charge in [0.05, 0.1) is 6.67 Å². The van der Waals surface area contributed by atoms with E-state index < -0.39 is 5.54 Å². The van der Waals surface area contributed by atoms with E-state index in [1.54, 1.807) is 0 Å². The third kappa shape index (κ3) is 3.28. The number of rotatable bonds is 5. The summed E-state index contributed by atoms with van der Waals surface area (Å²) >= 11 is 0. The molecule has 134 valence electrons. The molecule has 2 heterocycles. The molecular weight excluding hydrogens is 316 g/mol. The fourth-order valence-corrected chi connectivity index (χ4v) is 3.91. The number of carbonyl (C=O) groups is 2. The van der Waals surface area contributed by atoms with Crippen LogP contribution in [0.25, 0.3) is 0 Å². The molecule has 1 aliphatic carbocycles. The topological polar surface area (TPSA) is 55.9 Å². The molecule has 6 heteroatoms. The van der Waals surface area contributed by atoms with Crippen molar-refractivity contribution in [1.82, 2.24) is 20.0 Å². The van der Waals surface area contributed by atoms with Crippen molar-refractivity contribution in [3.8, 4) is 0 Å². The summed E-state index contributed by atoms with van der Waals surface area (Å²) in [7, 11) is 0. The minimum Gasteiger partial charge on any atom is -0.323 e. The number of nitrogens with one attached hydrogen (secondary N) is 1. The van der Waals surface area contributed by atoms with Gasteiger partial charge in [0, 0.05) is 32.7 Å². The molecule has 2 saturated heterocycles. The van der Waals surface area contributed by atoms with Crippen molar-refractivity contribution in [2.24, 2.45) is 5.92 Å². The fraction of sp³-hybridized carbons (Fsp3) is 0.579. The van der Waals surface area contributed by atoms with Gasteiger partial charge in [-0.05, 0) is 31.2 Å². The molecule has 0 unspecified atom stereocenters. The highest BCUT2D eigenvalue weighted by atomic mass is 16.2. The van der Waals surface area contributed by atoms with Gasteiger partial charge in [0.15, 0.2) is 0 Å². The Morgan fingerprint density at radius 1 is 1.04 bits per heavy atom. The Hall–Kier alpha value is -1.92. The predicted molar refractivity (Wildman–Crippen MR) is 94.7 cm³/mol. The number of piperazine rings is 1. The third-order valence-electron chi connectivity index (χ3n) is 5.75. The van der Waals surface area contributed by atoms with E-state index in [1.807, 2.05) is 13.0 Å². The predicted octanol–water partition coefficient (Wildman–Crippen LogP) is 1.48. The Morgan fingerprint density at radius 3 is 2.32 bits per heavy atom. The summed E-state index contributed by atoms with van der Waals surface area (Å²) < 4.78 is 0. The van der Waals surface area contributed by atoms with Gasteiger partial charge in [-0.3, -0.25) is 14.6 Å². The summed E-state index contributed by atoms with van der Waals surface area (Å²) in [6, 6.07) is 10.2. The minimum atomic E-state index is -0.674. The molecule has 3 amide bonds. The highest BCUT2D eigenvalue weighted by Crippen LogP contribution is 2.42. The van der Waals surface area contributed by atoms with Gasteiger partial charge < -0.3 is 5.32 Å². The Balaban J connectivity index is 1.30. The second kappa shape index (κ2) is 6.42. The second-order valence-corrected chi connectivity index (χ2v) is 7.66. The molecule has 1 aromatic rings. The lowest BCUT2D eigenvalue weighted by molar-refractivity contribution is -0.133. The number of imide groups is 1. The standard InChI is InChI=1S/C19H26N4O2/c1-19(16-7-8-16)17(24)23(18(25)20-19)14-22-11-9-21(10-12-22)13-15-5-3-2-4-6-15/h2-6,16H,7-14H2,1H3,(H,20,25)/t19-/m0/s1. The lowest BCUT2D eigenvalue weighted by Crippen LogP contribution is -2.51. The second-order valence-electron chi connectivity index (χ2n) is 7.66. The van der Waals surface area contributed by atoms with E-state index in [0.29, 0.717) is 12.6 Å². The zero-order valence-electron chi connectivity index (χ0n) is 14.8. The zero-order chi connectivity index (χ0) is 17.4. The van der Waals surface area contributed by atoms with E-state index in [2.05, 4.69) is 39.4 Å². The van der Waals surface area contributed by atoms with Crippen LogP contribution in [0.4, 0.5) is 4.79 Å². The number of nitrogens with zero attached hydrogens (tertiary/aromatic N) is 3. The first kappa shape index (κ1) is 16.5. The smallest absolute Gasteiger partial charge is 0.323 e. The van der Waals surface area contributed by atoms with E-state index in [-0.39, 0.29) is 11.9 Å². The van der Waals surface area contributed by atoms with Crippen molar-refractivity contribution in [2.45, 2.75) is 31.8 Å². The van der Waals surface area contributed by atoms with Gasteiger partial charge in [-0.15, -0.1) is 0 Å². The van der Waals surface area contributed by atoms with Gasteiger partial charge in [0.2, 0.25) is 0 Å². The van der Waals surface area contributed by atoms with E-state index >= 15 is 0 Å². The molecule has 25 heavy (non-hydrogen) atoms. The zero-order valence-corrected chi connectivity index (χ0v) is 14.8. The van der Waals surface area contributed by atoms with E-state index in [4.69, 9.17) is 0 Å². The maximum atomic E-state index is 12.7. The first-order valence-electron chi connectivity index (χ1n) is 9.19. The van der Waals surface area contributed by atoms with Crippen LogP contribution in [0.5, 0.6) is 0 Å². The van der Waals surface area contributed by atoms with E-state index in [9.17, 15) is 9.59 Å². The molecule has 1 N–H and O–H groups in total. The molecule has 0 bridgehead atoms. The van der Waals surface area contributed by atoms with Crippen molar-refractivity contribution in [2.75, 3.05) is 32.8 Å². The Labute approximate surface area is 148 Å². The summed E-state index contributed by atoms with van der Waals surface area (Å²) in [6.07, 6.45) is 2.07.